The SMILES string of the molecule is CCN(CC)C(=O)SCCNc1nc(Cl)nc(NC(C)C)n1. The van der Waals surface area contributed by atoms with Gasteiger partial charge in [0.2, 0.25) is 17.2 Å². The summed E-state index contributed by atoms with van der Waals surface area (Å²) in [6.45, 7) is 9.93. The molecule has 1 aromatic heterocycles. The largest absolute Gasteiger partial charge is 0.353 e. The minimum Gasteiger partial charge on any atom is -0.353 e. The lowest BCUT2D eigenvalue weighted by atomic mass is 10.4. The van der Waals surface area contributed by atoms with Crippen LogP contribution in [0.4, 0.5) is 16.7 Å². The van der Waals surface area contributed by atoms with Crippen molar-refractivity contribution < 1.29 is 4.79 Å². The number of amides is 1. The highest BCUT2D eigenvalue weighted by molar-refractivity contribution is 8.13. The zero-order chi connectivity index (χ0) is 16.5. The van der Waals surface area contributed by atoms with Crippen LogP contribution in [0.3, 0.4) is 0 Å². The van der Waals surface area contributed by atoms with Gasteiger partial charge in [0.25, 0.3) is 5.24 Å². The van der Waals surface area contributed by atoms with E-state index >= 15 is 0 Å². The second-order valence-corrected chi connectivity index (χ2v) is 6.15. The van der Waals surface area contributed by atoms with E-state index < -0.39 is 0 Å². The van der Waals surface area contributed by atoms with Crippen molar-refractivity contribution in [1.29, 1.82) is 0 Å². The lowest BCUT2D eigenvalue weighted by molar-refractivity contribution is 0.228. The predicted molar refractivity (Wildman–Crippen MR) is 92.9 cm³/mol. The quantitative estimate of drug-likeness (QED) is 0.700. The van der Waals surface area contributed by atoms with Crippen LogP contribution in [0.25, 0.3) is 0 Å². The van der Waals surface area contributed by atoms with Crippen molar-refractivity contribution in [1.82, 2.24) is 19.9 Å². The van der Waals surface area contributed by atoms with Gasteiger partial charge in [0.15, 0.2) is 0 Å². The van der Waals surface area contributed by atoms with Crippen molar-refractivity contribution in [3.8, 4) is 0 Å². The van der Waals surface area contributed by atoms with Crippen LogP contribution < -0.4 is 10.6 Å². The molecule has 0 atom stereocenters. The molecule has 0 radical (unpaired) electrons. The van der Waals surface area contributed by atoms with Gasteiger partial charge in [-0.1, -0.05) is 11.8 Å². The number of carbonyl (C=O) groups excluding carboxylic acids is 1. The zero-order valence-corrected chi connectivity index (χ0v) is 15.0. The normalized spacial score (nSPS) is 10.6. The number of thioether (sulfide) groups is 1. The van der Waals surface area contributed by atoms with Crippen LogP contribution in [0.2, 0.25) is 5.28 Å². The molecule has 0 spiro atoms. The highest BCUT2D eigenvalue weighted by Crippen LogP contribution is 2.12. The summed E-state index contributed by atoms with van der Waals surface area (Å²) in [5.74, 6) is 1.47. The number of rotatable bonds is 8. The van der Waals surface area contributed by atoms with E-state index in [9.17, 15) is 4.79 Å². The Labute approximate surface area is 140 Å². The molecule has 0 aliphatic rings. The van der Waals surface area contributed by atoms with Crippen molar-refractivity contribution in [3.05, 3.63) is 5.28 Å². The number of aromatic nitrogens is 3. The first kappa shape index (κ1) is 18.8. The molecular weight excluding hydrogens is 324 g/mol. The van der Waals surface area contributed by atoms with Gasteiger partial charge >= 0.3 is 0 Å². The van der Waals surface area contributed by atoms with Gasteiger partial charge in [0, 0.05) is 31.4 Å². The molecule has 2 N–H and O–H groups in total. The number of halogens is 1. The van der Waals surface area contributed by atoms with E-state index in [1.807, 2.05) is 27.7 Å². The third-order valence-electron chi connectivity index (χ3n) is 2.66. The molecule has 1 rings (SSSR count). The molecule has 1 aromatic rings. The summed E-state index contributed by atoms with van der Waals surface area (Å²) in [5, 5.41) is 6.34. The summed E-state index contributed by atoms with van der Waals surface area (Å²) >= 11 is 7.14. The fourth-order valence-electron chi connectivity index (χ4n) is 1.63. The Balaban J connectivity index is 2.44. The predicted octanol–water partition coefficient (Wildman–Crippen LogP) is 2.95. The number of nitrogens with zero attached hydrogens (tertiary/aromatic N) is 4. The van der Waals surface area contributed by atoms with Gasteiger partial charge in [-0.2, -0.15) is 15.0 Å². The van der Waals surface area contributed by atoms with E-state index in [0.717, 1.165) is 13.1 Å². The Kier molecular flexibility index (Phi) is 8.26. The molecule has 0 bridgehead atoms. The fraction of sp³-hybridized carbons (Fsp3) is 0.692. The van der Waals surface area contributed by atoms with Crippen molar-refractivity contribution >= 4 is 40.5 Å². The smallest absolute Gasteiger partial charge is 0.281 e. The van der Waals surface area contributed by atoms with E-state index in [4.69, 9.17) is 11.6 Å². The molecule has 7 nitrogen and oxygen atoms in total. The second-order valence-electron chi connectivity index (χ2n) is 4.76. The maximum absolute atomic E-state index is 11.8. The van der Waals surface area contributed by atoms with Crippen LogP contribution in [0, 0.1) is 0 Å². The first-order valence-electron chi connectivity index (χ1n) is 7.29. The molecule has 0 aliphatic heterocycles. The molecule has 0 unspecified atom stereocenters. The highest BCUT2D eigenvalue weighted by Gasteiger charge is 2.10. The van der Waals surface area contributed by atoms with Gasteiger partial charge in [-0.25, -0.2) is 0 Å². The van der Waals surface area contributed by atoms with Crippen LogP contribution in [0.1, 0.15) is 27.7 Å². The number of hydrogen-bond donors (Lipinski definition) is 2. The van der Waals surface area contributed by atoms with Crippen LogP contribution in [0.15, 0.2) is 0 Å². The summed E-state index contributed by atoms with van der Waals surface area (Å²) in [5.41, 5.74) is 0. The third kappa shape index (κ3) is 6.65. The van der Waals surface area contributed by atoms with Gasteiger partial charge in [-0.3, -0.25) is 4.79 Å². The van der Waals surface area contributed by atoms with Gasteiger partial charge in [-0.15, -0.1) is 0 Å². The van der Waals surface area contributed by atoms with E-state index in [0.29, 0.717) is 24.2 Å². The zero-order valence-electron chi connectivity index (χ0n) is 13.4. The Hall–Kier alpha value is -1.28. The number of carbonyl (C=O) groups is 1. The van der Waals surface area contributed by atoms with Crippen LogP contribution >= 0.6 is 23.4 Å². The number of anilines is 2. The van der Waals surface area contributed by atoms with Gasteiger partial charge in [-0.05, 0) is 39.3 Å². The Morgan fingerprint density at radius 1 is 1.23 bits per heavy atom. The molecule has 0 aromatic carbocycles. The summed E-state index contributed by atoms with van der Waals surface area (Å²) in [4.78, 5) is 25.9. The van der Waals surface area contributed by atoms with Gasteiger partial charge in [0.1, 0.15) is 0 Å². The highest BCUT2D eigenvalue weighted by atomic mass is 35.5. The maximum Gasteiger partial charge on any atom is 0.281 e. The maximum atomic E-state index is 11.8. The molecule has 1 heterocycles. The number of hydrogen-bond acceptors (Lipinski definition) is 7. The molecule has 22 heavy (non-hydrogen) atoms. The molecule has 1 amide bonds. The van der Waals surface area contributed by atoms with Crippen LogP contribution in [-0.4, -0.2) is 56.5 Å². The monoisotopic (exact) mass is 346 g/mol. The molecule has 9 heteroatoms. The first-order valence-corrected chi connectivity index (χ1v) is 8.66. The van der Waals surface area contributed by atoms with Crippen molar-refractivity contribution in [3.63, 3.8) is 0 Å². The Morgan fingerprint density at radius 3 is 2.45 bits per heavy atom. The molecule has 0 fully saturated rings. The minimum atomic E-state index is 0.0858. The van der Waals surface area contributed by atoms with E-state index in [2.05, 4.69) is 25.6 Å². The summed E-state index contributed by atoms with van der Waals surface area (Å²) in [6.07, 6.45) is 0. The third-order valence-corrected chi connectivity index (χ3v) is 3.74. The average Bonchev–Trinajstić information content (AvgIpc) is 2.43. The summed E-state index contributed by atoms with van der Waals surface area (Å²) in [7, 11) is 0. The second kappa shape index (κ2) is 9.68. The molecule has 0 saturated heterocycles. The molecule has 124 valence electrons. The topological polar surface area (TPSA) is 83.0 Å². The van der Waals surface area contributed by atoms with Gasteiger partial charge in [0.05, 0.1) is 0 Å². The van der Waals surface area contributed by atoms with Gasteiger partial charge < -0.3 is 15.5 Å². The Bertz CT molecular complexity index is 484. The van der Waals surface area contributed by atoms with Crippen molar-refractivity contribution in [2.24, 2.45) is 0 Å². The Morgan fingerprint density at radius 2 is 1.86 bits per heavy atom. The van der Waals surface area contributed by atoms with Crippen molar-refractivity contribution in [2.45, 2.75) is 33.7 Å². The van der Waals surface area contributed by atoms with E-state index in [1.165, 1.54) is 11.8 Å². The van der Waals surface area contributed by atoms with Crippen LogP contribution in [0.5, 0.6) is 0 Å². The standard InChI is InChI=1S/C13H23ClN6OS/c1-5-20(6-2)13(21)22-8-7-15-11-17-10(14)18-12(19-11)16-9(3)4/h9H,5-8H2,1-4H3,(H2,15,16,17,18,19). The lowest BCUT2D eigenvalue weighted by Gasteiger charge is -2.17. The molecule has 0 aliphatic carbocycles. The van der Waals surface area contributed by atoms with E-state index in [1.54, 1.807) is 4.90 Å². The average molecular weight is 347 g/mol. The number of nitrogens with one attached hydrogen (secondary N) is 2. The van der Waals surface area contributed by atoms with E-state index in [-0.39, 0.29) is 16.6 Å². The van der Waals surface area contributed by atoms with Crippen LogP contribution in [-0.2, 0) is 0 Å². The fourth-order valence-corrected chi connectivity index (χ4v) is 2.61. The molecule has 0 saturated carbocycles. The van der Waals surface area contributed by atoms with Crippen molar-refractivity contribution in [2.75, 3.05) is 36.0 Å². The summed E-state index contributed by atoms with van der Waals surface area (Å²) < 4.78 is 0. The lowest BCUT2D eigenvalue weighted by Crippen LogP contribution is -2.27. The molecular formula is C13H23ClN6OS. The first-order chi connectivity index (χ1) is 10.5. The summed E-state index contributed by atoms with van der Waals surface area (Å²) in [6, 6.07) is 0.202. The minimum absolute atomic E-state index is 0.0858.